The first-order valence-corrected chi connectivity index (χ1v) is 11.2. The van der Waals surface area contributed by atoms with Crippen molar-refractivity contribution >= 4 is 22.5 Å². The summed E-state index contributed by atoms with van der Waals surface area (Å²) < 4.78 is 7.29. The van der Waals surface area contributed by atoms with Crippen LogP contribution in [0.4, 0.5) is 5.69 Å². The lowest BCUT2D eigenvalue weighted by atomic mass is 9.95. The standard InChI is InChI=1S/C26H30N4O4/c1-16-7-6-8-17(11-16)24-28-22(15-34-24)23(31)27-21-12-18-14-30(10-9-25(2,3)32)29-20(18)13-19(21)26(4,5)33/h6-8,11-15,32-33H,9-10H2,1-5H3,(H,27,31). The van der Waals surface area contributed by atoms with Gasteiger partial charge in [0.05, 0.1) is 16.7 Å². The van der Waals surface area contributed by atoms with Crippen molar-refractivity contribution in [2.24, 2.45) is 0 Å². The molecule has 34 heavy (non-hydrogen) atoms. The van der Waals surface area contributed by atoms with E-state index in [0.717, 1.165) is 16.5 Å². The molecule has 4 rings (SSSR count). The van der Waals surface area contributed by atoms with Crippen LogP contribution in [0.25, 0.3) is 22.4 Å². The zero-order valence-corrected chi connectivity index (χ0v) is 20.1. The van der Waals surface area contributed by atoms with Crippen LogP contribution in [-0.2, 0) is 12.1 Å². The fraction of sp³-hybridized carbons (Fsp3) is 0.346. The molecule has 2 aromatic carbocycles. The fourth-order valence-corrected chi connectivity index (χ4v) is 3.71. The highest BCUT2D eigenvalue weighted by atomic mass is 16.3. The number of hydrogen-bond acceptors (Lipinski definition) is 6. The van der Waals surface area contributed by atoms with E-state index in [4.69, 9.17) is 4.42 Å². The first kappa shape index (κ1) is 23.7. The molecule has 2 aromatic heterocycles. The van der Waals surface area contributed by atoms with Gasteiger partial charge in [0.1, 0.15) is 6.26 Å². The summed E-state index contributed by atoms with van der Waals surface area (Å²) in [5.41, 5.74) is 1.65. The van der Waals surface area contributed by atoms with Gasteiger partial charge in [0.15, 0.2) is 5.69 Å². The minimum absolute atomic E-state index is 0.138. The maximum absolute atomic E-state index is 13.0. The third kappa shape index (κ3) is 5.35. The highest BCUT2D eigenvalue weighted by Gasteiger charge is 2.24. The van der Waals surface area contributed by atoms with Crippen molar-refractivity contribution in [3.05, 3.63) is 65.7 Å². The highest BCUT2D eigenvalue weighted by molar-refractivity contribution is 6.04. The second-order valence-electron chi connectivity index (χ2n) is 9.83. The van der Waals surface area contributed by atoms with E-state index in [0.29, 0.717) is 35.6 Å². The number of nitrogens with zero attached hydrogens (tertiary/aromatic N) is 3. The van der Waals surface area contributed by atoms with Gasteiger partial charge < -0.3 is 19.9 Å². The van der Waals surface area contributed by atoms with Gasteiger partial charge in [-0.2, -0.15) is 5.10 Å². The quantitative estimate of drug-likeness (QED) is 0.369. The molecular weight excluding hydrogens is 432 g/mol. The number of aryl methyl sites for hydroxylation is 2. The summed E-state index contributed by atoms with van der Waals surface area (Å²) in [6.45, 7) is 9.33. The Morgan fingerprint density at radius 1 is 1.15 bits per heavy atom. The van der Waals surface area contributed by atoms with Gasteiger partial charge in [0.2, 0.25) is 5.89 Å². The molecule has 0 atom stereocenters. The maximum Gasteiger partial charge on any atom is 0.277 e. The molecule has 0 aliphatic carbocycles. The van der Waals surface area contributed by atoms with Crippen LogP contribution in [0.5, 0.6) is 0 Å². The van der Waals surface area contributed by atoms with Crippen LogP contribution in [0.15, 0.2) is 53.3 Å². The van der Waals surface area contributed by atoms with E-state index in [2.05, 4.69) is 15.4 Å². The molecule has 0 aliphatic heterocycles. The van der Waals surface area contributed by atoms with E-state index in [1.807, 2.05) is 37.4 Å². The molecule has 0 aliphatic rings. The van der Waals surface area contributed by atoms with Gasteiger partial charge in [-0.1, -0.05) is 17.7 Å². The number of carbonyl (C=O) groups is 1. The van der Waals surface area contributed by atoms with Crippen molar-refractivity contribution in [2.45, 2.75) is 58.8 Å². The molecule has 0 fully saturated rings. The third-order valence-electron chi connectivity index (χ3n) is 5.55. The normalized spacial score (nSPS) is 12.3. The summed E-state index contributed by atoms with van der Waals surface area (Å²) >= 11 is 0. The molecule has 0 radical (unpaired) electrons. The van der Waals surface area contributed by atoms with Crippen molar-refractivity contribution in [1.82, 2.24) is 14.8 Å². The average Bonchev–Trinajstić information content (AvgIpc) is 3.37. The Balaban J connectivity index is 1.63. The minimum Gasteiger partial charge on any atom is -0.444 e. The van der Waals surface area contributed by atoms with Crippen LogP contribution < -0.4 is 5.32 Å². The second-order valence-corrected chi connectivity index (χ2v) is 9.83. The molecule has 0 bridgehead atoms. The van der Waals surface area contributed by atoms with E-state index in [-0.39, 0.29) is 5.69 Å². The van der Waals surface area contributed by atoms with Crippen molar-refractivity contribution in [3.8, 4) is 11.5 Å². The van der Waals surface area contributed by atoms with Crippen LogP contribution >= 0.6 is 0 Å². The molecule has 4 aromatic rings. The number of rotatable bonds is 7. The molecule has 3 N–H and O–H groups in total. The predicted octanol–water partition coefficient (Wildman–Crippen LogP) is 4.64. The Kier molecular flexibility index (Phi) is 6.05. The summed E-state index contributed by atoms with van der Waals surface area (Å²) in [5.74, 6) is -0.0815. The van der Waals surface area contributed by atoms with Gasteiger partial charge in [-0.15, -0.1) is 0 Å². The summed E-state index contributed by atoms with van der Waals surface area (Å²) in [7, 11) is 0. The largest absolute Gasteiger partial charge is 0.444 e. The first-order valence-electron chi connectivity index (χ1n) is 11.2. The molecule has 0 saturated carbocycles. The van der Waals surface area contributed by atoms with Crippen molar-refractivity contribution < 1.29 is 19.4 Å². The molecule has 0 spiro atoms. The van der Waals surface area contributed by atoms with Crippen LogP contribution in [-0.4, -0.2) is 36.5 Å². The molecule has 178 valence electrons. The van der Waals surface area contributed by atoms with Crippen LogP contribution in [0.2, 0.25) is 0 Å². The third-order valence-corrected chi connectivity index (χ3v) is 5.55. The Morgan fingerprint density at radius 3 is 2.59 bits per heavy atom. The van der Waals surface area contributed by atoms with Gasteiger partial charge in [-0.3, -0.25) is 9.48 Å². The summed E-state index contributed by atoms with van der Waals surface area (Å²) in [6, 6.07) is 11.2. The number of hydrogen-bond donors (Lipinski definition) is 3. The molecule has 1 amide bonds. The number of nitrogens with one attached hydrogen (secondary N) is 1. The van der Waals surface area contributed by atoms with Crippen LogP contribution in [0.3, 0.4) is 0 Å². The number of aromatic nitrogens is 3. The Bertz CT molecular complexity index is 1340. The number of aliphatic hydroxyl groups is 2. The SMILES string of the molecule is Cc1cccc(-c2nc(C(=O)Nc3cc4cn(CCC(C)(C)O)nc4cc3C(C)(C)O)co2)c1. The lowest BCUT2D eigenvalue weighted by Gasteiger charge is -2.21. The summed E-state index contributed by atoms with van der Waals surface area (Å²) in [4.78, 5) is 17.3. The van der Waals surface area contributed by atoms with Crippen LogP contribution in [0.1, 0.15) is 55.7 Å². The Labute approximate surface area is 198 Å². The molecule has 8 nitrogen and oxygen atoms in total. The molecular formula is C26H30N4O4. The number of fused-ring (bicyclic) bond motifs is 1. The van der Waals surface area contributed by atoms with E-state index in [1.54, 1.807) is 44.5 Å². The van der Waals surface area contributed by atoms with Crippen LogP contribution in [0, 0.1) is 6.92 Å². The number of anilines is 1. The van der Waals surface area contributed by atoms with Crippen molar-refractivity contribution in [2.75, 3.05) is 5.32 Å². The average molecular weight is 463 g/mol. The van der Waals surface area contributed by atoms with E-state index < -0.39 is 17.1 Å². The van der Waals surface area contributed by atoms with E-state index >= 15 is 0 Å². The topological polar surface area (TPSA) is 113 Å². The first-order chi connectivity index (χ1) is 15.9. The van der Waals surface area contributed by atoms with Gasteiger partial charge in [-0.05, 0) is 65.3 Å². The smallest absolute Gasteiger partial charge is 0.277 e. The number of benzene rings is 2. The second kappa shape index (κ2) is 8.70. The molecule has 0 unspecified atom stereocenters. The number of carbonyl (C=O) groups excluding carboxylic acids is 1. The zero-order valence-electron chi connectivity index (χ0n) is 20.1. The van der Waals surface area contributed by atoms with Crippen molar-refractivity contribution in [3.63, 3.8) is 0 Å². The van der Waals surface area contributed by atoms with Crippen molar-refractivity contribution in [1.29, 1.82) is 0 Å². The van der Waals surface area contributed by atoms with E-state index in [9.17, 15) is 15.0 Å². The predicted molar refractivity (Wildman–Crippen MR) is 131 cm³/mol. The lowest BCUT2D eigenvalue weighted by molar-refractivity contribution is 0.0651. The number of amides is 1. The molecule has 0 saturated heterocycles. The van der Waals surface area contributed by atoms with E-state index in [1.165, 1.54) is 6.26 Å². The lowest BCUT2D eigenvalue weighted by Crippen LogP contribution is -2.21. The zero-order chi connectivity index (χ0) is 24.7. The molecule has 2 heterocycles. The van der Waals surface area contributed by atoms with Gasteiger partial charge in [0, 0.05) is 34.9 Å². The fourth-order valence-electron chi connectivity index (χ4n) is 3.71. The minimum atomic E-state index is -1.22. The van der Waals surface area contributed by atoms with Gasteiger partial charge in [0.25, 0.3) is 5.91 Å². The molecule has 8 heteroatoms. The highest BCUT2D eigenvalue weighted by Crippen LogP contribution is 2.32. The monoisotopic (exact) mass is 462 g/mol. The maximum atomic E-state index is 13.0. The summed E-state index contributed by atoms with van der Waals surface area (Å²) in [5, 5.41) is 29.0. The Hall–Kier alpha value is -3.49. The van der Waals surface area contributed by atoms with Gasteiger partial charge in [-0.25, -0.2) is 4.98 Å². The Morgan fingerprint density at radius 2 is 1.91 bits per heavy atom. The number of oxazole rings is 1. The van der Waals surface area contributed by atoms with Gasteiger partial charge >= 0.3 is 0 Å². The summed E-state index contributed by atoms with van der Waals surface area (Å²) in [6.07, 6.45) is 3.72.